The summed E-state index contributed by atoms with van der Waals surface area (Å²) in [5.41, 5.74) is 1.26. The van der Waals surface area contributed by atoms with Gasteiger partial charge < -0.3 is 14.6 Å². The Morgan fingerprint density at radius 2 is 1.92 bits per heavy atom. The molecule has 0 bridgehead atoms. The molecule has 0 aliphatic heterocycles. The number of aryl methyl sites for hydroxylation is 1. The number of hydrogen-bond acceptors (Lipinski definition) is 4. The highest BCUT2D eigenvalue weighted by Crippen LogP contribution is 2.12. The zero-order chi connectivity index (χ0) is 19.3. The molecule has 7 heteroatoms. The summed E-state index contributed by atoms with van der Waals surface area (Å²) in [6, 6.07) is 6.68. The van der Waals surface area contributed by atoms with E-state index in [1.807, 2.05) is 26.0 Å². The van der Waals surface area contributed by atoms with E-state index in [1.165, 1.54) is 9.47 Å². The van der Waals surface area contributed by atoms with E-state index in [0.29, 0.717) is 30.9 Å². The van der Waals surface area contributed by atoms with Gasteiger partial charge in [-0.2, -0.15) is 0 Å². The smallest absolute Gasteiger partial charge is 0.408 e. The number of aromatic nitrogens is 1. The Morgan fingerprint density at radius 3 is 2.58 bits per heavy atom. The molecule has 2 amide bonds. The highest BCUT2D eigenvalue weighted by Gasteiger charge is 2.23. The lowest BCUT2D eigenvalue weighted by molar-refractivity contribution is -0.134. The minimum Gasteiger partial charge on any atom is -0.408 e. The van der Waals surface area contributed by atoms with Gasteiger partial charge in [-0.1, -0.05) is 26.0 Å². The van der Waals surface area contributed by atoms with E-state index in [1.54, 1.807) is 26.2 Å². The molecule has 0 saturated heterocycles. The monoisotopic (exact) mass is 361 g/mol. The summed E-state index contributed by atoms with van der Waals surface area (Å²) in [4.78, 5) is 37.9. The lowest BCUT2D eigenvalue weighted by Crippen LogP contribution is -2.46. The van der Waals surface area contributed by atoms with Gasteiger partial charge in [0, 0.05) is 27.1 Å². The van der Waals surface area contributed by atoms with Crippen LogP contribution in [0.1, 0.15) is 33.1 Å². The molecule has 0 saturated carbocycles. The first-order chi connectivity index (χ1) is 12.3. The normalized spacial score (nSPS) is 12.3. The summed E-state index contributed by atoms with van der Waals surface area (Å²) < 4.78 is 6.71. The summed E-state index contributed by atoms with van der Waals surface area (Å²) in [6.07, 6.45) is 1.32. The third-order valence-corrected chi connectivity index (χ3v) is 4.14. The third kappa shape index (κ3) is 4.97. The van der Waals surface area contributed by atoms with Crippen LogP contribution in [0.25, 0.3) is 11.1 Å². The molecule has 1 N–H and O–H groups in total. The van der Waals surface area contributed by atoms with Crippen LogP contribution < -0.4 is 11.1 Å². The zero-order valence-corrected chi connectivity index (χ0v) is 15.8. The van der Waals surface area contributed by atoms with Crippen LogP contribution in [-0.4, -0.2) is 41.4 Å². The van der Waals surface area contributed by atoms with Crippen LogP contribution in [0, 0.1) is 5.92 Å². The molecule has 0 aliphatic rings. The van der Waals surface area contributed by atoms with Crippen LogP contribution in [0.3, 0.4) is 0 Å². The van der Waals surface area contributed by atoms with Crippen LogP contribution in [0.5, 0.6) is 0 Å². The number of carbonyl (C=O) groups excluding carboxylic acids is 2. The van der Waals surface area contributed by atoms with Crippen LogP contribution in [0.4, 0.5) is 0 Å². The number of oxazole rings is 1. The Hall–Kier alpha value is -2.57. The fraction of sp³-hybridized carbons (Fsp3) is 0.526. The van der Waals surface area contributed by atoms with Crippen molar-refractivity contribution in [2.75, 3.05) is 14.1 Å². The van der Waals surface area contributed by atoms with Gasteiger partial charge in [-0.05, 0) is 30.9 Å². The largest absolute Gasteiger partial charge is 0.419 e. The minimum atomic E-state index is -0.519. The molecule has 1 aromatic heterocycles. The van der Waals surface area contributed by atoms with Crippen molar-refractivity contribution in [3.8, 4) is 0 Å². The molecular formula is C19H27N3O4. The average Bonchev–Trinajstić information content (AvgIpc) is 2.89. The summed E-state index contributed by atoms with van der Waals surface area (Å²) in [6.45, 7) is 4.41. The summed E-state index contributed by atoms with van der Waals surface area (Å²) in [5.74, 6) is -0.428. The second-order valence-electron chi connectivity index (χ2n) is 7.07. The molecule has 1 atom stereocenters. The van der Waals surface area contributed by atoms with Gasteiger partial charge in [0.2, 0.25) is 11.8 Å². The quantitative estimate of drug-likeness (QED) is 0.779. The molecule has 1 heterocycles. The van der Waals surface area contributed by atoms with Crippen molar-refractivity contribution in [3.05, 3.63) is 34.8 Å². The number of carbonyl (C=O) groups is 2. The van der Waals surface area contributed by atoms with E-state index in [-0.39, 0.29) is 18.2 Å². The molecular weight excluding hydrogens is 334 g/mol. The van der Waals surface area contributed by atoms with Crippen molar-refractivity contribution in [2.24, 2.45) is 5.92 Å². The van der Waals surface area contributed by atoms with E-state index in [4.69, 9.17) is 4.42 Å². The van der Waals surface area contributed by atoms with Gasteiger partial charge >= 0.3 is 5.76 Å². The summed E-state index contributed by atoms with van der Waals surface area (Å²) >= 11 is 0. The highest BCUT2D eigenvalue weighted by atomic mass is 16.4. The number of nitrogens with one attached hydrogen (secondary N) is 1. The van der Waals surface area contributed by atoms with E-state index in [9.17, 15) is 14.4 Å². The summed E-state index contributed by atoms with van der Waals surface area (Å²) in [7, 11) is 3.36. The zero-order valence-electron chi connectivity index (χ0n) is 15.8. The van der Waals surface area contributed by atoms with Crippen molar-refractivity contribution < 1.29 is 14.0 Å². The molecule has 0 radical (unpaired) electrons. The molecule has 0 aliphatic carbocycles. The number of hydrogen-bond donors (Lipinski definition) is 1. The maximum atomic E-state index is 12.2. The number of benzene rings is 1. The first-order valence-electron chi connectivity index (χ1n) is 8.88. The lowest BCUT2D eigenvalue weighted by atomic mass is 10.0. The maximum absolute atomic E-state index is 12.2. The van der Waals surface area contributed by atoms with Gasteiger partial charge in [0.15, 0.2) is 5.58 Å². The molecule has 0 fully saturated rings. The van der Waals surface area contributed by atoms with Crippen molar-refractivity contribution in [1.82, 2.24) is 14.8 Å². The van der Waals surface area contributed by atoms with Gasteiger partial charge in [0.05, 0.1) is 5.52 Å². The molecule has 2 aromatic rings. The Bertz CT molecular complexity index is 820. The molecule has 0 spiro atoms. The van der Waals surface area contributed by atoms with E-state index >= 15 is 0 Å². The number of fused-ring (bicyclic) bond motifs is 1. The predicted octanol–water partition coefficient (Wildman–Crippen LogP) is 1.99. The SMILES string of the molecule is CC(C)C[C@@H](NC(=O)CCCn1c(=O)oc2ccccc21)C(=O)N(C)C. The Labute approximate surface area is 153 Å². The number of nitrogens with zero attached hydrogens (tertiary/aromatic N) is 2. The predicted molar refractivity (Wildman–Crippen MR) is 99.8 cm³/mol. The molecule has 26 heavy (non-hydrogen) atoms. The van der Waals surface area contributed by atoms with E-state index < -0.39 is 11.8 Å². The molecule has 142 valence electrons. The Balaban J connectivity index is 1.93. The van der Waals surface area contributed by atoms with Gasteiger partial charge in [0.1, 0.15) is 6.04 Å². The third-order valence-electron chi connectivity index (χ3n) is 4.14. The fourth-order valence-electron chi connectivity index (χ4n) is 2.89. The number of likely N-dealkylation sites (N-methyl/N-ethyl adjacent to an activating group) is 1. The minimum absolute atomic E-state index is 0.107. The average molecular weight is 361 g/mol. The Kier molecular flexibility index (Phi) is 6.60. The van der Waals surface area contributed by atoms with E-state index in [2.05, 4.69) is 5.32 Å². The fourth-order valence-corrected chi connectivity index (χ4v) is 2.89. The number of rotatable bonds is 8. The number of para-hydroxylation sites is 2. The first kappa shape index (κ1) is 19.8. The van der Waals surface area contributed by atoms with E-state index in [0.717, 1.165) is 5.52 Å². The Morgan fingerprint density at radius 1 is 1.23 bits per heavy atom. The van der Waals surface area contributed by atoms with Crippen LogP contribution in [0.2, 0.25) is 0 Å². The van der Waals surface area contributed by atoms with Gasteiger partial charge in [-0.15, -0.1) is 0 Å². The highest BCUT2D eigenvalue weighted by molar-refractivity contribution is 5.87. The molecule has 2 rings (SSSR count). The van der Waals surface area contributed by atoms with Crippen LogP contribution in [-0.2, 0) is 16.1 Å². The molecule has 7 nitrogen and oxygen atoms in total. The van der Waals surface area contributed by atoms with Crippen LogP contribution >= 0.6 is 0 Å². The second kappa shape index (κ2) is 8.69. The topological polar surface area (TPSA) is 84.5 Å². The maximum Gasteiger partial charge on any atom is 0.419 e. The van der Waals surface area contributed by atoms with Crippen LogP contribution in [0.15, 0.2) is 33.5 Å². The van der Waals surface area contributed by atoms with Crippen molar-refractivity contribution >= 4 is 22.9 Å². The van der Waals surface area contributed by atoms with Gasteiger partial charge in [0.25, 0.3) is 0 Å². The first-order valence-corrected chi connectivity index (χ1v) is 8.88. The van der Waals surface area contributed by atoms with Gasteiger partial charge in [-0.25, -0.2) is 4.79 Å². The standard InChI is InChI=1S/C19H27N3O4/c1-13(2)12-14(18(24)21(3)4)20-17(23)10-7-11-22-15-8-5-6-9-16(15)26-19(22)25/h5-6,8-9,13-14H,7,10-12H2,1-4H3,(H,20,23)/t14-/m1/s1. The number of amides is 2. The summed E-state index contributed by atoms with van der Waals surface area (Å²) in [5, 5.41) is 2.82. The van der Waals surface area contributed by atoms with Crippen molar-refractivity contribution in [3.63, 3.8) is 0 Å². The van der Waals surface area contributed by atoms with Crippen molar-refractivity contribution in [2.45, 2.75) is 45.7 Å². The second-order valence-corrected chi connectivity index (χ2v) is 7.07. The van der Waals surface area contributed by atoms with Crippen molar-refractivity contribution in [1.29, 1.82) is 0 Å². The molecule has 1 aromatic carbocycles. The lowest BCUT2D eigenvalue weighted by Gasteiger charge is -2.23. The van der Waals surface area contributed by atoms with Gasteiger partial charge in [-0.3, -0.25) is 14.2 Å². The molecule has 0 unspecified atom stereocenters.